The fourth-order valence-corrected chi connectivity index (χ4v) is 2.76. The molecule has 0 bridgehead atoms. The predicted molar refractivity (Wildman–Crippen MR) is 107 cm³/mol. The molecule has 6 heteroatoms. The average molecular weight is 357 g/mol. The molecule has 1 unspecified atom stereocenters. The van der Waals surface area contributed by atoms with E-state index in [1.807, 2.05) is 18.5 Å². The molecule has 0 saturated carbocycles. The first-order chi connectivity index (χ1) is 12.4. The summed E-state index contributed by atoms with van der Waals surface area (Å²) in [7, 11) is 1.96. The molecule has 0 aliphatic heterocycles. The minimum atomic E-state index is 0.169. The van der Waals surface area contributed by atoms with Crippen molar-refractivity contribution in [2.24, 2.45) is 18.0 Å². The zero-order valence-electron chi connectivity index (χ0n) is 16.9. The van der Waals surface area contributed by atoms with Gasteiger partial charge in [0, 0.05) is 13.6 Å². The minimum Gasteiger partial charge on any atom is -0.357 e. The number of hydrogen-bond acceptors (Lipinski definition) is 3. The van der Waals surface area contributed by atoms with Gasteiger partial charge in [0.2, 0.25) is 0 Å². The van der Waals surface area contributed by atoms with E-state index in [2.05, 4.69) is 77.8 Å². The predicted octanol–water partition coefficient (Wildman–Crippen LogP) is 3.14. The molecule has 0 saturated heterocycles. The van der Waals surface area contributed by atoms with Crippen LogP contribution in [0.25, 0.3) is 0 Å². The van der Waals surface area contributed by atoms with E-state index in [-0.39, 0.29) is 6.04 Å². The molecule has 0 radical (unpaired) electrons. The SMILES string of the molecule is CCNC(=NCc1nnc(C)n1C)NC(C)c1ccc(CC(C)C)cc1. The summed E-state index contributed by atoms with van der Waals surface area (Å²) in [6.45, 7) is 11.9. The van der Waals surface area contributed by atoms with Crippen LogP contribution in [-0.2, 0) is 20.0 Å². The van der Waals surface area contributed by atoms with E-state index in [4.69, 9.17) is 0 Å². The summed E-state index contributed by atoms with van der Waals surface area (Å²) in [6.07, 6.45) is 1.11. The van der Waals surface area contributed by atoms with Crippen LogP contribution in [0.3, 0.4) is 0 Å². The van der Waals surface area contributed by atoms with Crippen molar-refractivity contribution in [2.45, 2.75) is 53.6 Å². The van der Waals surface area contributed by atoms with Crippen LogP contribution in [0.1, 0.15) is 56.5 Å². The van der Waals surface area contributed by atoms with Crippen LogP contribution < -0.4 is 10.6 Å². The van der Waals surface area contributed by atoms with Crippen molar-refractivity contribution in [1.82, 2.24) is 25.4 Å². The van der Waals surface area contributed by atoms with Gasteiger partial charge < -0.3 is 15.2 Å². The molecule has 0 aliphatic carbocycles. The Morgan fingerprint density at radius 3 is 2.38 bits per heavy atom. The lowest BCUT2D eigenvalue weighted by Gasteiger charge is -2.18. The molecule has 1 aromatic heterocycles. The maximum absolute atomic E-state index is 4.65. The van der Waals surface area contributed by atoms with Gasteiger partial charge in [-0.05, 0) is 44.2 Å². The fourth-order valence-electron chi connectivity index (χ4n) is 2.76. The Morgan fingerprint density at radius 2 is 1.85 bits per heavy atom. The van der Waals surface area contributed by atoms with Gasteiger partial charge in [0.25, 0.3) is 0 Å². The van der Waals surface area contributed by atoms with Crippen LogP contribution >= 0.6 is 0 Å². The number of guanidine groups is 1. The molecule has 0 amide bonds. The molecule has 26 heavy (non-hydrogen) atoms. The van der Waals surface area contributed by atoms with Gasteiger partial charge in [-0.15, -0.1) is 10.2 Å². The Hall–Kier alpha value is -2.37. The van der Waals surface area contributed by atoms with E-state index in [0.717, 1.165) is 30.6 Å². The smallest absolute Gasteiger partial charge is 0.192 e. The van der Waals surface area contributed by atoms with Gasteiger partial charge in [-0.1, -0.05) is 38.1 Å². The maximum atomic E-state index is 4.65. The van der Waals surface area contributed by atoms with E-state index < -0.39 is 0 Å². The Kier molecular flexibility index (Phi) is 7.18. The molecule has 2 aromatic rings. The Balaban J connectivity index is 2.03. The summed E-state index contributed by atoms with van der Waals surface area (Å²) in [5, 5.41) is 15.0. The largest absolute Gasteiger partial charge is 0.357 e. The van der Waals surface area contributed by atoms with E-state index in [0.29, 0.717) is 12.5 Å². The van der Waals surface area contributed by atoms with Crippen molar-refractivity contribution in [3.63, 3.8) is 0 Å². The highest BCUT2D eigenvalue weighted by atomic mass is 15.3. The molecule has 0 fully saturated rings. The van der Waals surface area contributed by atoms with Crippen molar-refractivity contribution < 1.29 is 0 Å². The van der Waals surface area contributed by atoms with Crippen LogP contribution in [-0.4, -0.2) is 27.3 Å². The fraction of sp³-hybridized carbons (Fsp3) is 0.550. The second kappa shape index (κ2) is 9.36. The summed E-state index contributed by atoms with van der Waals surface area (Å²) in [6, 6.07) is 9.01. The summed E-state index contributed by atoms with van der Waals surface area (Å²) >= 11 is 0. The van der Waals surface area contributed by atoms with Crippen molar-refractivity contribution >= 4 is 5.96 Å². The van der Waals surface area contributed by atoms with Gasteiger partial charge in [-0.25, -0.2) is 4.99 Å². The molecule has 2 rings (SSSR count). The highest BCUT2D eigenvalue weighted by Crippen LogP contribution is 2.15. The normalized spacial score (nSPS) is 13.1. The first kappa shape index (κ1) is 19.9. The third-order valence-electron chi connectivity index (χ3n) is 4.38. The highest BCUT2D eigenvalue weighted by molar-refractivity contribution is 5.80. The van der Waals surface area contributed by atoms with E-state index in [1.54, 1.807) is 0 Å². The van der Waals surface area contributed by atoms with Crippen LogP contribution in [0, 0.1) is 12.8 Å². The van der Waals surface area contributed by atoms with Crippen LogP contribution in [0.15, 0.2) is 29.3 Å². The number of aromatic nitrogens is 3. The number of nitrogens with one attached hydrogen (secondary N) is 2. The Labute approximate surface area is 157 Å². The zero-order valence-corrected chi connectivity index (χ0v) is 16.9. The Morgan fingerprint density at radius 1 is 1.15 bits per heavy atom. The van der Waals surface area contributed by atoms with Gasteiger partial charge in [0.05, 0.1) is 6.04 Å². The number of aryl methyl sites for hydroxylation is 1. The number of nitrogens with zero attached hydrogens (tertiary/aromatic N) is 4. The number of aliphatic imine (C=N–C) groups is 1. The first-order valence-corrected chi connectivity index (χ1v) is 9.39. The van der Waals surface area contributed by atoms with Crippen molar-refractivity contribution in [3.8, 4) is 0 Å². The second-order valence-electron chi connectivity index (χ2n) is 7.12. The van der Waals surface area contributed by atoms with E-state index in [9.17, 15) is 0 Å². The zero-order chi connectivity index (χ0) is 19.1. The third kappa shape index (κ3) is 5.58. The minimum absolute atomic E-state index is 0.169. The van der Waals surface area contributed by atoms with E-state index >= 15 is 0 Å². The van der Waals surface area contributed by atoms with Crippen LogP contribution in [0.4, 0.5) is 0 Å². The summed E-state index contributed by atoms with van der Waals surface area (Å²) < 4.78 is 1.96. The van der Waals surface area contributed by atoms with E-state index in [1.165, 1.54) is 11.1 Å². The molecular weight excluding hydrogens is 324 g/mol. The number of hydrogen-bond donors (Lipinski definition) is 2. The lowest BCUT2D eigenvalue weighted by molar-refractivity contribution is 0.645. The third-order valence-corrected chi connectivity index (χ3v) is 4.38. The standard InChI is InChI=1S/C20H32N6/c1-7-21-20(22-13-19-25-24-16(5)26(19)6)23-15(4)18-10-8-17(9-11-18)12-14(2)3/h8-11,14-15H,7,12-13H2,1-6H3,(H2,21,22,23). The lowest BCUT2D eigenvalue weighted by Crippen LogP contribution is -2.38. The maximum Gasteiger partial charge on any atom is 0.192 e. The molecular formula is C20H32N6. The molecule has 142 valence electrons. The molecule has 0 aliphatic rings. The van der Waals surface area contributed by atoms with Crippen molar-refractivity contribution in [2.75, 3.05) is 6.54 Å². The van der Waals surface area contributed by atoms with Gasteiger partial charge in [0.1, 0.15) is 12.4 Å². The number of benzene rings is 1. The molecule has 1 atom stereocenters. The van der Waals surface area contributed by atoms with Crippen molar-refractivity contribution in [3.05, 3.63) is 47.0 Å². The summed E-state index contributed by atoms with van der Waals surface area (Å²) in [4.78, 5) is 4.65. The van der Waals surface area contributed by atoms with Crippen molar-refractivity contribution in [1.29, 1.82) is 0 Å². The quantitative estimate of drug-likeness (QED) is 0.591. The number of rotatable bonds is 7. The second-order valence-corrected chi connectivity index (χ2v) is 7.12. The Bertz CT molecular complexity index is 714. The topological polar surface area (TPSA) is 67.1 Å². The monoisotopic (exact) mass is 356 g/mol. The molecule has 6 nitrogen and oxygen atoms in total. The van der Waals surface area contributed by atoms with Crippen LogP contribution in [0.2, 0.25) is 0 Å². The van der Waals surface area contributed by atoms with Gasteiger partial charge in [-0.2, -0.15) is 0 Å². The summed E-state index contributed by atoms with van der Waals surface area (Å²) in [5.74, 6) is 3.20. The first-order valence-electron chi connectivity index (χ1n) is 9.39. The van der Waals surface area contributed by atoms with Crippen LogP contribution in [0.5, 0.6) is 0 Å². The molecule has 2 N–H and O–H groups in total. The highest BCUT2D eigenvalue weighted by Gasteiger charge is 2.09. The summed E-state index contributed by atoms with van der Waals surface area (Å²) in [5.41, 5.74) is 2.63. The van der Waals surface area contributed by atoms with Gasteiger partial charge in [-0.3, -0.25) is 0 Å². The van der Waals surface area contributed by atoms with Gasteiger partial charge >= 0.3 is 0 Å². The molecule has 1 heterocycles. The molecule has 0 spiro atoms. The van der Waals surface area contributed by atoms with Gasteiger partial charge in [0.15, 0.2) is 11.8 Å². The lowest BCUT2D eigenvalue weighted by atomic mass is 10.00. The molecule has 1 aromatic carbocycles. The average Bonchev–Trinajstić information content (AvgIpc) is 2.92.